The summed E-state index contributed by atoms with van der Waals surface area (Å²) in [7, 11) is 0. The van der Waals surface area contributed by atoms with Gasteiger partial charge in [-0.1, -0.05) is 50.2 Å². The molecular weight excluding hydrogens is 214 g/mol. The van der Waals surface area contributed by atoms with Crippen molar-refractivity contribution in [3.05, 3.63) is 35.4 Å². The first-order chi connectivity index (χ1) is 8.04. The van der Waals surface area contributed by atoms with E-state index in [1.807, 2.05) is 19.1 Å². The Morgan fingerprint density at radius 3 is 2.35 bits per heavy atom. The molecule has 0 saturated carbocycles. The molecule has 92 valence electrons. The summed E-state index contributed by atoms with van der Waals surface area (Å²) in [5.41, 5.74) is 2.22. The highest BCUT2D eigenvalue weighted by Crippen LogP contribution is 2.17. The van der Waals surface area contributed by atoms with Crippen LogP contribution in [0.15, 0.2) is 29.4 Å². The minimum absolute atomic E-state index is 0.191. The minimum Gasteiger partial charge on any atom is -0.411 e. The predicted octanol–water partition coefficient (Wildman–Crippen LogP) is 3.02. The predicted molar refractivity (Wildman–Crippen MR) is 68.7 cm³/mol. The van der Waals surface area contributed by atoms with Gasteiger partial charge in [0.25, 0.3) is 0 Å². The molecule has 1 unspecified atom stereocenters. The van der Waals surface area contributed by atoms with Gasteiger partial charge in [0, 0.05) is 5.92 Å². The molecule has 1 N–H and O–H groups in total. The minimum atomic E-state index is -0.265. The highest BCUT2D eigenvalue weighted by atomic mass is 16.4. The second-order valence-corrected chi connectivity index (χ2v) is 4.71. The molecule has 0 heterocycles. The van der Waals surface area contributed by atoms with Gasteiger partial charge < -0.3 is 5.21 Å². The summed E-state index contributed by atoms with van der Waals surface area (Å²) in [6.45, 7) is 6.16. The van der Waals surface area contributed by atoms with E-state index in [-0.39, 0.29) is 11.7 Å². The molecule has 3 nitrogen and oxygen atoms in total. The quantitative estimate of drug-likeness (QED) is 0.483. The number of carbonyl (C=O) groups excluding carboxylic acids is 1. The largest absolute Gasteiger partial charge is 0.411 e. The van der Waals surface area contributed by atoms with Gasteiger partial charge in [-0.25, -0.2) is 0 Å². The van der Waals surface area contributed by atoms with Gasteiger partial charge in [0.1, 0.15) is 6.21 Å². The number of rotatable bonds is 5. The van der Waals surface area contributed by atoms with Crippen molar-refractivity contribution in [2.45, 2.75) is 33.1 Å². The van der Waals surface area contributed by atoms with Crippen molar-refractivity contribution in [2.75, 3.05) is 0 Å². The molecule has 0 aliphatic carbocycles. The summed E-state index contributed by atoms with van der Waals surface area (Å²) in [5, 5.41) is 11.1. The molecule has 0 bridgehead atoms. The monoisotopic (exact) mass is 233 g/mol. The van der Waals surface area contributed by atoms with E-state index >= 15 is 0 Å². The third kappa shape index (κ3) is 4.02. The molecule has 17 heavy (non-hydrogen) atoms. The Labute approximate surface area is 102 Å². The first-order valence-corrected chi connectivity index (χ1v) is 5.84. The molecule has 0 aliphatic rings. The summed E-state index contributed by atoms with van der Waals surface area (Å²) < 4.78 is 0. The van der Waals surface area contributed by atoms with Gasteiger partial charge in [0.05, 0.1) is 0 Å². The van der Waals surface area contributed by atoms with Crippen LogP contribution in [0.3, 0.4) is 0 Å². The summed E-state index contributed by atoms with van der Waals surface area (Å²) in [5.74, 6) is 0.171. The average Bonchev–Trinajstić information content (AvgIpc) is 2.28. The van der Waals surface area contributed by atoms with Crippen molar-refractivity contribution in [1.29, 1.82) is 0 Å². The van der Waals surface area contributed by atoms with Gasteiger partial charge in [-0.05, 0) is 23.5 Å². The number of carbonyl (C=O) groups is 1. The van der Waals surface area contributed by atoms with Gasteiger partial charge in [0.15, 0.2) is 5.78 Å². The smallest absolute Gasteiger partial charge is 0.184 e. The second-order valence-electron chi connectivity index (χ2n) is 4.71. The lowest BCUT2D eigenvalue weighted by Gasteiger charge is -2.10. The topological polar surface area (TPSA) is 49.7 Å². The van der Waals surface area contributed by atoms with Crippen LogP contribution in [0.1, 0.15) is 37.8 Å². The molecule has 1 rings (SSSR count). The molecule has 1 atom stereocenters. The number of hydrogen-bond acceptors (Lipinski definition) is 3. The molecule has 1 aromatic rings. The highest BCUT2D eigenvalue weighted by Gasteiger charge is 2.13. The van der Waals surface area contributed by atoms with Crippen molar-refractivity contribution >= 4 is 12.0 Å². The summed E-state index contributed by atoms with van der Waals surface area (Å²) in [6.07, 6.45) is 1.99. The van der Waals surface area contributed by atoms with E-state index in [1.54, 1.807) is 0 Å². The number of oxime groups is 1. The number of nitrogens with zero attached hydrogens (tertiary/aromatic N) is 1. The van der Waals surface area contributed by atoms with E-state index in [9.17, 15) is 4.79 Å². The molecule has 0 saturated heterocycles. The van der Waals surface area contributed by atoms with Crippen LogP contribution in [0.25, 0.3) is 0 Å². The molecule has 0 aromatic heterocycles. The number of hydrogen-bond donors (Lipinski definition) is 1. The molecule has 0 radical (unpaired) electrons. The highest BCUT2D eigenvalue weighted by molar-refractivity contribution is 6.29. The van der Waals surface area contributed by atoms with Crippen LogP contribution in [0.4, 0.5) is 0 Å². The molecule has 0 amide bonds. The van der Waals surface area contributed by atoms with Crippen LogP contribution in [-0.2, 0) is 11.2 Å². The summed E-state index contributed by atoms with van der Waals surface area (Å²) in [4.78, 5) is 11.5. The van der Waals surface area contributed by atoms with Gasteiger partial charge in [-0.2, -0.15) is 0 Å². The lowest BCUT2D eigenvalue weighted by Crippen LogP contribution is -2.10. The molecular formula is C14H19NO2. The fourth-order valence-electron chi connectivity index (χ4n) is 1.75. The summed E-state index contributed by atoms with van der Waals surface area (Å²) in [6, 6.07) is 8.03. The van der Waals surface area contributed by atoms with Crippen LogP contribution >= 0.6 is 0 Å². The molecule has 0 fully saturated rings. The maximum Gasteiger partial charge on any atom is 0.184 e. The van der Waals surface area contributed by atoms with E-state index in [2.05, 4.69) is 31.1 Å². The van der Waals surface area contributed by atoms with Crippen molar-refractivity contribution in [3.8, 4) is 0 Å². The normalized spacial score (nSPS) is 13.2. The average molecular weight is 233 g/mol. The van der Waals surface area contributed by atoms with Crippen molar-refractivity contribution in [2.24, 2.45) is 11.1 Å². The summed E-state index contributed by atoms with van der Waals surface area (Å²) >= 11 is 0. The van der Waals surface area contributed by atoms with E-state index in [0.29, 0.717) is 5.92 Å². The van der Waals surface area contributed by atoms with Crippen LogP contribution < -0.4 is 0 Å². The Bertz CT molecular complexity index is 393. The molecule has 3 heteroatoms. The Hall–Kier alpha value is -1.64. The Morgan fingerprint density at radius 1 is 1.29 bits per heavy atom. The Kier molecular flexibility index (Phi) is 4.88. The third-order valence-corrected chi connectivity index (χ3v) is 2.74. The third-order valence-electron chi connectivity index (χ3n) is 2.74. The van der Waals surface area contributed by atoms with E-state index < -0.39 is 0 Å². The zero-order chi connectivity index (χ0) is 12.8. The van der Waals surface area contributed by atoms with E-state index in [4.69, 9.17) is 5.21 Å². The Balaban J connectivity index is 2.76. The lowest BCUT2D eigenvalue weighted by atomic mass is 9.94. The van der Waals surface area contributed by atoms with Crippen LogP contribution in [0.5, 0.6) is 0 Å². The SMILES string of the molecule is CC(C)Cc1ccc(C(C)C(=O)/C=N/O)cc1. The van der Waals surface area contributed by atoms with Gasteiger partial charge in [-0.15, -0.1) is 0 Å². The van der Waals surface area contributed by atoms with Crippen molar-refractivity contribution in [3.63, 3.8) is 0 Å². The van der Waals surface area contributed by atoms with E-state index in [1.165, 1.54) is 5.56 Å². The maximum absolute atomic E-state index is 11.5. The maximum atomic E-state index is 11.5. The van der Waals surface area contributed by atoms with Crippen molar-refractivity contribution < 1.29 is 10.0 Å². The van der Waals surface area contributed by atoms with Crippen LogP contribution in [0, 0.1) is 5.92 Å². The van der Waals surface area contributed by atoms with Crippen LogP contribution in [-0.4, -0.2) is 17.2 Å². The zero-order valence-electron chi connectivity index (χ0n) is 10.6. The van der Waals surface area contributed by atoms with Crippen molar-refractivity contribution in [1.82, 2.24) is 0 Å². The second kappa shape index (κ2) is 6.18. The fraction of sp³-hybridized carbons (Fsp3) is 0.429. The molecule has 1 aromatic carbocycles. The first-order valence-electron chi connectivity index (χ1n) is 5.84. The number of benzene rings is 1. The Morgan fingerprint density at radius 2 is 1.88 bits per heavy atom. The number of Topliss-reactive ketones (excluding diaryl/α,β-unsaturated/α-hetero) is 1. The fourth-order valence-corrected chi connectivity index (χ4v) is 1.75. The van der Waals surface area contributed by atoms with Gasteiger partial charge in [-0.3, -0.25) is 4.79 Å². The van der Waals surface area contributed by atoms with Crippen LogP contribution in [0.2, 0.25) is 0 Å². The zero-order valence-corrected chi connectivity index (χ0v) is 10.6. The first kappa shape index (κ1) is 13.4. The van der Waals surface area contributed by atoms with E-state index in [0.717, 1.165) is 18.2 Å². The number of ketones is 1. The standard InChI is InChI=1S/C14H19NO2/c1-10(2)8-12-4-6-13(7-5-12)11(3)14(16)9-15-17/h4-7,9-11,17H,8H2,1-3H3/b15-9+. The lowest BCUT2D eigenvalue weighted by molar-refractivity contribution is -0.113. The molecule has 0 spiro atoms. The molecule has 0 aliphatic heterocycles. The van der Waals surface area contributed by atoms with Gasteiger partial charge >= 0.3 is 0 Å². The van der Waals surface area contributed by atoms with Gasteiger partial charge in [0.2, 0.25) is 0 Å².